The average Bonchev–Trinajstić information content (AvgIpc) is 3.40. The summed E-state index contributed by atoms with van der Waals surface area (Å²) in [5.41, 5.74) is -0.295. The summed E-state index contributed by atoms with van der Waals surface area (Å²) in [5, 5.41) is 0. The molecule has 3 aromatic rings. The number of carbonyl (C=O) groups excluding carboxylic acids is 4. The smallest absolute Gasteiger partial charge is 0.241 e. The number of rotatable bonds is 2. The van der Waals surface area contributed by atoms with Crippen molar-refractivity contribution in [1.29, 1.82) is 0 Å². The Kier molecular flexibility index (Phi) is 4.25. The number of amides is 2. The van der Waals surface area contributed by atoms with Crippen molar-refractivity contribution in [2.45, 2.75) is 18.6 Å². The van der Waals surface area contributed by atoms with E-state index in [0.717, 1.165) is 4.90 Å². The zero-order chi connectivity index (χ0) is 23.8. The fourth-order valence-electron chi connectivity index (χ4n) is 5.52. The number of aryl methyl sites for hydroxylation is 1. The minimum Gasteiger partial charge on any atom is -0.349 e. The summed E-state index contributed by atoms with van der Waals surface area (Å²) in [6.07, 6.45) is -1.07. The lowest BCUT2D eigenvalue weighted by atomic mass is 9.77. The largest absolute Gasteiger partial charge is 0.349 e. The average molecular weight is 455 g/mol. The maximum Gasteiger partial charge on any atom is 0.241 e. The Balaban J connectivity index is 1.56. The van der Waals surface area contributed by atoms with Crippen LogP contribution in [0, 0.1) is 24.6 Å². The Morgan fingerprint density at radius 2 is 1.38 bits per heavy atom. The van der Waals surface area contributed by atoms with Gasteiger partial charge < -0.3 is 4.74 Å². The monoisotopic (exact) mass is 455 g/mol. The first-order valence-corrected chi connectivity index (χ1v) is 10.9. The van der Waals surface area contributed by atoms with Gasteiger partial charge in [0.1, 0.15) is 5.82 Å². The molecule has 0 saturated carbocycles. The van der Waals surface area contributed by atoms with Gasteiger partial charge in [0.15, 0.2) is 0 Å². The molecule has 3 unspecified atom stereocenters. The Hall–Kier alpha value is -3.97. The second-order valence-corrected chi connectivity index (χ2v) is 8.83. The highest BCUT2D eigenvalue weighted by molar-refractivity contribution is 6.37. The third kappa shape index (κ3) is 2.47. The number of para-hydroxylation sites is 1. The van der Waals surface area contributed by atoms with Gasteiger partial charge >= 0.3 is 0 Å². The van der Waals surface area contributed by atoms with Crippen molar-refractivity contribution in [3.8, 4) is 0 Å². The van der Waals surface area contributed by atoms with Crippen LogP contribution < -0.4 is 4.90 Å². The van der Waals surface area contributed by atoms with Gasteiger partial charge in [0.05, 0.1) is 23.6 Å². The maximum atomic E-state index is 13.8. The molecule has 6 rings (SSSR count). The molecule has 0 N–H and O–H groups in total. The van der Waals surface area contributed by atoms with E-state index in [4.69, 9.17) is 4.74 Å². The Bertz CT molecular complexity index is 1380. The fraction of sp³-hybridized carbons (Fsp3) is 0.185. The highest BCUT2D eigenvalue weighted by Gasteiger charge is 2.74. The molecule has 2 heterocycles. The molecule has 6 nitrogen and oxygen atoms in total. The van der Waals surface area contributed by atoms with Gasteiger partial charge in [0.2, 0.25) is 29.0 Å². The minimum atomic E-state index is -2.14. The van der Waals surface area contributed by atoms with Gasteiger partial charge in [-0.15, -0.1) is 0 Å². The molecule has 2 amide bonds. The van der Waals surface area contributed by atoms with Crippen molar-refractivity contribution in [3.05, 3.63) is 101 Å². The number of nitrogens with zero attached hydrogens (tertiary/aromatic N) is 1. The molecule has 7 heteroatoms. The molecule has 3 atom stereocenters. The van der Waals surface area contributed by atoms with Gasteiger partial charge in [-0.3, -0.25) is 19.2 Å². The zero-order valence-electron chi connectivity index (χ0n) is 18.0. The number of benzene rings is 3. The van der Waals surface area contributed by atoms with E-state index in [0.29, 0.717) is 16.8 Å². The van der Waals surface area contributed by atoms with E-state index >= 15 is 0 Å². The lowest BCUT2D eigenvalue weighted by molar-refractivity contribution is -0.127. The summed E-state index contributed by atoms with van der Waals surface area (Å²) >= 11 is 0. The highest BCUT2D eigenvalue weighted by Crippen LogP contribution is 2.57. The molecule has 1 aliphatic carbocycles. The molecule has 1 spiro atoms. The predicted molar refractivity (Wildman–Crippen MR) is 119 cm³/mol. The van der Waals surface area contributed by atoms with Crippen LogP contribution in [0.3, 0.4) is 0 Å². The third-order valence-corrected chi connectivity index (χ3v) is 7.07. The first kappa shape index (κ1) is 20.6. The summed E-state index contributed by atoms with van der Waals surface area (Å²) in [7, 11) is 0. The highest BCUT2D eigenvalue weighted by atomic mass is 19.1. The number of ether oxygens (including phenoxy) is 1. The number of imide groups is 1. The normalized spacial score (nSPS) is 24.8. The molecule has 34 heavy (non-hydrogen) atoms. The van der Waals surface area contributed by atoms with Gasteiger partial charge in [-0.1, -0.05) is 54.6 Å². The molecule has 0 aromatic heterocycles. The van der Waals surface area contributed by atoms with Crippen LogP contribution in [0.2, 0.25) is 0 Å². The number of anilines is 1. The van der Waals surface area contributed by atoms with Crippen molar-refractivity contribution in [3.63, 3.8) is 0 Å². The predicted octanol–water partition coefficient (Wildman–Crippen LogP) is 3.83. The van der Waals surface area contributed by atoms with Crippen molar-refractivity contribution in [2.75, 3.05) is 4.90 Å². The first-order chi connectivity index (χ1) is 16.4. The number of hydrogen-bond acceptors (Lipinski definition) is 5. The summed E-state index contributed by atoms with van der Waals surface area (Å²) in [6, 6.07) is 18.6. The lowest BCUT2D eigenvalue weighted by Gasteiger charge is -2.27. The van der Waals surface area contributed by atoms with Gasteiger partial charge in [-0.25, -0.2) is 9.29 Å². The summed E-state index contributed by atoms with van der Waals surface area (Å²) < 4.78 is 19.8. The second kappa shape index (κ2) is 7.01. The Morgan fingerprint density at radius 1 is 0.794 bits per heavy atom. The van der Waals surface area contributed by atoms with Crippen molar-refractivity contribution in [2.24, 2.45) is 11.8 Å². The number of Topliss-reactive ketones (excluding diaryl/α,β-unsaturated/α-hetero) is 2. The van der Waals surface area contributed by atoms with Gasteiger partial charge in [-0.05, 0) is 36.2 Å². The van der Waals surface area contributed by atoms with E-state index in [1.807, 2.05) is 0 Å². The van der Waals surface area contributed by atoms with E-state index in [2.05, 4.69) is 0 Å². The van der Waals surface area contributed by atoms with Crippen LogP contribution in [0.4, 0.5) is 10.1 Å². The molecule has 2 fully saturated rings. The van der Waals surface area contributed by atoms with Gasteiger partial charge in [0.25, 0.3) is 0 Å². The van der Waals surface area contributed by atoms with Crippen LogP contribution in [0.1, 0.15) is 37.9 Å². The van der Waals surface area contributed by atoms with Crippen LogP contribution >= 0.6 is 0 Å². The topological polar surface area (TPSA) is 80.8 Å². The van der Waals surface area contributed by atoms with Gasteiger partial charge in [-0.2, -0.15) is 0 Å². The summed E-state index contributed by atoms with van der Waals surface area (Å²) in [5.74, 6) is -5.37. The molecule has 2 aliphatic heterocycles. The van der Waals surface area contributed by atoms with E-state index in [1.165, 1.54) is 36.4 Å². The number of fused-ring (bicyclic) bond motifs is 3. The summed E-state index contributed by atoms with van der Waals surface area (Å²) in [4.78, 5) is 56.0. The Labute approximate surface area is 193 Å². The molecular formula is C27H18FNO5. The van der Waals surface area contributed by atoms with Crippen molar-refractivity contribution >= 4 is 29.1 Å². The standard InChI is InChI=1S/C27H18FNO5/c1-14-6-2-5-9-19(14)29-25(32)20-21(26(29)33)27(34-22(20)15-10-12-16(28)13-11-15)23(30)17-7-3-4-8-18(17)24(27)31/h2-13,20-22H,1H3. The minimum absolute atomic E-state index is 0.167. The van der Waals surface area contributed by atoms with Gasteiger partial charge in [0, 0.05) is 11.1 Å². The molecule has 0 bridgehead atoms. The third-order valence-electron chi connectivity index (χ3n) is 7.07. The fourth-order valence-corrected chi connectivity index (χ4v) is 5.52. The molecule has 3 aliphatic rings. The first-order valence-electron chi connectivity index (χ1n) is 10.9. The second-order valence-electron chi connectivity index (χ2n) is 8.83. The van der Waals surface area contributed by atoms with Crippen LogP contribution in [0.25, 0.3) is 0 Å². The van der Waals surface area contributed by atoms with E-state index in [9.17, 15) is 23.6 Å². The van der Waals surface area contributed by atoms with E-state index < -0.39 is 52.7 Å². The number of halogens is 1. The quantitative estimate of drug-likeness (QED) is 0.433. The van der Waals surface area contributed by atoms with E-state index in [1.54, 1.807) is 43.3 Å². The van der Waals surface area contributed by atoms with Crippen LogP contribution in [-0.4, -0.2) is 29.0 Å². The van der Waals surface area contributed by atoms with Crippen LogP contribution in [-0.2, 0) is 14.3 Å². The lowest BCUT2D eigenvalue weighted by Crippen LogP contribution is -2.51. The molecule has 2 saturated heterocycles. The number of carbonyl (C=O) groups is 4. The zero-order valence-corrected chi connectivity index (χ0v) is 18.0. The molecule has 168 valence electrons. The maximum absolute atomic E-state index is 13.8. The molecule has 0 radical (unpaired) electrons. The van der Waals surface area contributed by atoms with Crippen molar-refractivity contribution in [1.82, 2.24) is 0 Å². The Morgan fingerprint density at radius 3 is 2.00 bits per heavy atom. The van der Waals surface area contributed by atoms with Crippen molar-refractivity contribution < 1.29 is 28.3 Å². The summed E-state index contributed by atoms with van der Waals surface area (Å²) in [6.45, 7) is 1.77. The number of hydrogen-bond donors (Lipinski definition) is 0. The van der Waals surface area contributed by atoms with Crippen LogP contribution in [0.5, 0.6) is 0 Å². The molecule has 3 aromatic carbocycles. The number of ketones is 2. The van der Waals surface area contributed by atoms with Crippen LogP contribution in [0.15, 0.2) is 72.8 Å². The van der Waals surface area contributed by atoms with E-state index in [-0.39, 0.29) is 11.1 Å². The SMILES string of the molecule is Cc1ccccc1N1C(=O)C2C(c3ccc(F)cc3)OC3(C(=O)c4ccccc4C3=O)C2C1=O. The molecular weight excluding hydrogens is 437 g/mol.